The maximum absolute atomic E-state index is 10.8. The summed E-state index contributed by atoms with van der Waals surface area (Å²) in [5.74, 6) is 0.689. The second-order valence-corrected chi connectivity index (χ2v) is 5.37. The third-order valence-corrected chi connectivity index (χ3v) is 3.58. The SMILES string of the molecule is CN=C(NCCCc1ccccc1)NCc1cccc([N+](=O)[O-])c1.I. The Morgan fingerprint density at radius 3 is 2.48 bits per heavy atom. The maximum atomic E-state index is 10.8. The molecule has 134 valence electrons. The Morgan fingerprint density at radius 1 is 1.08 bits per heavy atom. The van der Waals surface area contributed by atoms with Crippen molar-refractivity contribution in [3.05, 3.63) is 75.8 Å². The van der Waals surface area contributed by atoms with Crippen LogP contribution in [-0.2, 0) is 13.0 Å². The Balaban J connectivity index is 0.00000312. The minimum atomic E-state index is -0.389. The van der Waals surface area contributed by atoms with Gasteiger partial charge in [0.25, 0.3) is 5.69 Å². The van der Waals surface area contributed by atoms with E-state index in [4.69, 9.17) is 0 Å². The van der Waals surface area contributed by atoms with Gasteiger partial charge in [-0.3, -0.25) is 15.1 Å². The lowest BCUT2D eigenvalue weighted by Crippen LogP contribution is -2.37. The first-order valence-corrected chi connectivity index (χ1v) is 7.91. The summed E-state index contributed by atoms with van der Waals surface area (Å²) in [6, 6.07) is 16.9. The lowest BCUT2D eigenvalue weighted by Gasteiger charge is -2.12. The van der Waals surface area contributed by atoms with Crippen LogP contribution in [0, 0.1) is 10.1 Å². The van der Waals surface area contributed by atoms with Gasteiger partial charge >= 0.3 is 0 Å². The van der Waals surface area contributed by atoms with Crippen molar-refractivity contribution < 1.29 is 4.92 Å². The smallest absolute Gasteiger partial charge is 0.269 e. The second kappa shape index (κ2) is 11.4. The summed E-state index contributed by atoms with van der Waals surface area (Å²) in [5, 5.41) is 17.2. The fourth-order valence-electron chi connectivity index (χ4n) is 2.33. The summed E-state index contributed by atoms with van der Waals surface area (Å²) in [5.41, 5.74) is 2.26. The molecule has 0 saturated carbocycles. The maximum Gasteiger partial charge on any atom is 0.269 e. The highest BCUT2D eigenvalue weighted by atomic mass is 127. The van der Waals surface area contributed by atoms with Crippen LogP contribution in [0.4, 0.5) is 5.69 Å². The molecule has 0 fully saturated rings. The molecule has 0 aliphatic rings. The van der Waals surface area contributed by atoms with E-state index in [0.29, 0.717) is 12.5 Å². The summed E-state index contributed by atoms with van der Waals surface area (Å²) < 4.78 is 0. The number of aliphatic imine (C=N–C) groups is 1. The molecule has 0 heterocycles. The van der Waals surface area contributed by atoms with E-state index in [1.54, 1.807) is 19.2 Å². The Morgan fingerprint density at radius 2 is 1.80 bits per heavy atom. The molecule has 0 aliphatic carbocycles. The van der Waals surface area contributed by atoms with Crippen molar-refractivity contribution in [1.29, 1.82) is 0 Å². The number of nitro benzene ring substituents is 1. The molecule has 0 saturated heterocycles. The number of benzene rings is 2. The van der Waals surface area contributed by atoms with Crippen LogP contribution in [0.1, 0.15) is 17.5 Å². The van der Waals surface area contributed by atoms with E-state index in [1.165, 1.54) is 11.6 Å². The van der Waals surface area contributed by atoms with Gasteiger partial charge in [-0.15, -0.1) is 24.0 Å². The minimum absolute atomic E-state index is 0. The Kier molecular flexibility index (Phi) is 9.53. The van der Waals surface area contributed by atoms with Gasteiger partial charge in [0, 0.05) is 32.3 Å². The van der Waals surface area contributed by atoms with Crippen molar-refractivity contribution in [3.8, 4) is 0 Å². The standard InChI is InChI=1S/C18H22N4O2.HI/c1-19-18(20-12-6-10-15-7-3-2-4-8-15)21-14-16-9-5-11-17(13-16)22(23)24;/h2-5,7-9,11,13H,6,10,12,14H2,1H3,(H2,19,20,21);1H. The van der Waals surface area contributed by atoms with Crippen LogP contribution in [0.5, 0.6) is 0 Å². The third kappa shape index (κ3) is 7.51. The number of nitro groups is 1. The van der Waals surface area contributed by atoms with Crippen LogP contribution in [-0.4, -0.2) is 24.5 Å². The first-order valence-electron chi connectivity index (χ1n) is 7.91. The molecule has 0 spiro atoms. The molecule has 0 aliphatic heterocycles. The van der Waals surface area contributed by atoms with Gasteiger partial charge in [-0.25, -0.2) is 0 Å². The predicted octanol–water partition coefficient (Wildman–Crippen LogP) is 3.51. The van der Waals surface area contributed by atoms with E-state index in [1.807, 2.05) is 24.3 Å². The monoisotopic (exact) mass is 454 g/mol. The van der Waals surface area contributed by atoms with Gasteiger partial charge in [-0.05, 0) is 24.0 Å². The van der Waals surface area contributed by atoms with Crippen molar-refractivity contribution in [2.24, 2.45) is 4.99 Å². The van der Waals surface area contributed by atoms with E-state index in [9.17, 15) is 10.1 Å². The molecule has 6 nitrogen and oxygen atoms in total. The summed E-state index contributed by atoms with van der Waals surface area (Å²) in [6.07, 6.45) is 2.01. The topological polar surface area (TPSA) is 79.6 Å². The van der Waals surface area contributed by atoms with Gasteiger partial charge in [0.2, 0.25) is 0 Å². The summed E-state index contributed by atoms with van der Waals surface area (Å²) in [6.45, 7) is 1.30. The molecule has 0 aromatic heterocycles. The third-order valence-electron chi connectivity index (χ3n) is 3.58. The van der Waals surface area contributed by atoms with E-state index in [-0.39, 0.29) is 34.6 Å². The van der Waals surface area contributed by atoms with Crippen molar-refractivity contribution in [2.45, 2.75) is 19.4 Å². The number of hydrogen-bond donors (Lipinski definition) is 2. The molecule has 2 N–H and O–H groups in total. The van der Waals surface area contributed by atoms with Crippen LogP contribution < -0.4 is 10.6 Å². The molecule has 2 aromatic rings. The van der Waals surface area contributed by atoms with Crippen LogP contribution in [0.25, 0.3) is 0 Å². The van der Waals surface area contributed by atoms with Crippen molar-refractivity contribution in [3.63, 3.8) is 0 Å². The number of nitrogens with zero attached hydrogens (tertiary/aromatic N) is 2. The van der Waals surface area contributed by atoms with Gasteiger partial charge < -0.3 is 10.6 Å². The highest BCUT2D eigenvalue weighted by Crippen LogP contribution is 2.12. The lowest BCUT2D eigenvalue weighted by molar-refractivity contribution is -0.384. The largest absolute Gasteiger partial charge is 0.356 e. The van der Waals surface area contributed by atoms with Crippen molar-refractivity contribution in [1.82, 2.24) is 10.6 Å². The molecule has 0 amide bonds. The predicted molar refractivity (Wildman–Crippen MR) is 111 cm³/mol. The average molecular weight is 454 g/mol. The molecule has 2 rings (SSSR count). The zero-order valence-corrected chi connectivity index (χ0v) is 16.5. The molecule has 2 aromatic carbocycles. The van der Waals surface area contributed by atoms with Crippen molar-refractivity contribution in [2.75, 3.05) is 13.6 Å². The van der Waals surface area contributed by atoms with Crippen LogP contribution in [0.3, 0.4) is 0 Å². The van der Waals surface area contributed by atoms with Gasteiger partial charge in [0.1, 0.15) is 0 Å². The molecular weight excluding hydrogens is 431 g/mol. The molecule has 0 unspecified atom stereocenters. The number of aryl methyl sites for hydroxylation is 1. The molecule has 0 atom stereocenters. The van der Waals surface area contributed by atoms with E-state index >= 15 is 0 Å². The molecular formula is C18H23IN4O2. The van der Waals surface area contributed by atoms with E-state index < -0.39 is 0 Å². The van der Waals surface area contributed by atoms with E-state index in [0.717, 1.165) is 24.9 Å². The highest BCUT2D eigenvalue weighted by Gasteiger charge is 2.06. The average Bonchev–Trinajstić information content (AvgIpc) is 2.62. The quantitative estimate of drug-likeness (QED) is 0.168. The number of non-ortho nitro benzene ring substituents is 1. The zero-order valence-electron chi connectivity index (χ0n) is 14.1. The summed E-state index contributed by atoms with van der Waals surface area (Å²) in [7, 11) is 1.71. The van der Waals surface area contributed by atoms with Crippen LogP contribution >= 0.6 is 24.0 Å². The lowest BCUT2D eigenvalue weighted by atomic mass is 10.1. The number of hydrogen-bond acceptors (Lipinski definition) is 3. The van der Waals surface area contributed by atoms with Gasteiger partial charge in [-0.2, -0.15) is 0 Å². The molecule has 25 heavy (non-hydrogen) atoms. The highest BCUT2D eigenvalue weighted by molar-refractivity contribution is 14.0. The fourth-order valence-corrected chi connectivity index (χ4v) is 2.33. The summed E-state index contributed by atoms with van der Waals surface area (Å²) in [4.78, 5) is 14.6. The number of nitrogens with one attached hydrogen (secondary N) is 2. The summed E-state index contributed by atoms with van der Waals surface area (Å²) >= 11 is 0. The fraction of sp³-hybridized carbons (Fsp3) is 0.278. The Labute approximate surface area is 164 Å². The normalized spacial score (nSPS) is 10.7. The number of halogens is 1. The second-order valence-electron chi connectivity index (χ2n) is 5.37. The number of rotatable bonds is 7. The Hall–Kier alpha value is -2.16. The van der Waals surface area contributed by atoms with Gasteiger partial charge in [0.05, 0.1) is 4.92 Å². The van der Waals surface area contributed by atoms with Crippen LogP contribution in [0.2, 0.25) is 0 Å². The molecule has 7 heteroatoms. The first-order chi connectivity index (χ1) is 11.7. The van der Waals surface area contributed by atoms with Gasteiger partial charge in [0.15, 0.2) is 5.96 Å². The number of guanidine groups is 1. The molecule has 0 bridgehead atoms. The van der Waals surface area contributed by atoms with Crippen LogP contribution in [0.15, 0.2) is 59.6 Å². The molecule has 0 radical (unpaired) electrons. The van der Waals surface area contributed by atoms with Gasteiger partial charge in [-0.1, -0.05) is 42.5 Å². The first kappa shape index (κ1) is 20.9. The van der Waals surface area contributed by atoms with Crippen molar-refractivity contribution >= 4 is 35.6 Å². The van der Waals surface area contributed by atoms with E-state index in [2.05, 4.69) is 27.8 Å². The minimum Gasteiger partial charge on any atom is -0.356 e. The zero-order chi connectivity index (χ0) is 17.2. The Bertz CT molecular complexity index is 692.